The SMILES string of the molecule is O=C(Nc1cccc(Br)n1)C1CC=CC1. The average molecular weight is 267 g/mol. The fourth-order valence-electron chi connectivity index (χ4n) is 1.54. The quantitative estimate of drug-likeness (QED) is 0.661. The van der Waals surface area contributed by atoms with Crippen LogP contribution in [0, 0.1) is 5.92 Å². The van der Waals surface area contributed by atoms with Crippen molar-refractivity contribution in [2.75, 3.05) is 5.32 Å². The van der Waals surface area contributed by atoms with Crippen LogP contribution in [0.15, 0.2) is 35.0 Å². The molecule has 3 nitrogen and oxygen atoms in total. The Morgan fingerprint density at radius 3 is 2.80 bits per heavy atom. The van der Waals surface area contributed by atoms with E-state index in [1.807, 2.05) is 24.3 Å². The molecule has 0 unspecified atom stereocenters. The third-order valence-corrected chi connectivity index (χ3v) is 2.79. The van der Waals surface area contributed by atoms with Crippen LogP contribution in [-0.4, -0.2) is 10.9 Å². The van der Waals surface area contributed by atoms with Crippen molar-refractivity contribution in [1.29, 1.82) is 0 Å². The lowest BCUT2D eigenvalue weighted by Crippen LogP contribution is -2.21. The molecule has 1 amide bonds. The minimum atomic E-state index is 0.0469. The maximum absolute atomic E-state index is 11.7. The molecular weight excluding hydrogens is 256 g/mol. The summed E-state index contributed by atoms with van der Waals surface area (Å²) in [6.07, 6.45) is 5.75. The number of hydrogen-bond donors (Lipinski definition) is 1. The van der Waals surface area contributed by atoms with E-state index in [-0.39, 0.29) is 11.8 Å². The molecule has 1 aromatic rings. The van der Waals surface area contributed by atoms with Gasteiger partial charge in [0.15, 0.2) is 0 Å². The summed E-state index contributed by atoms with van der Waals surface area (Å²) in [7, 11) is 0. The van der Waals surface area contributed by atoms with Gasteiger partial charge in [0.1, 0.15) is 10.4 Å². The zero-order valence-electron chi connectivity index (χ0n) is 8.11. The second-order valence-corrected chi connectivity index (χ2v) is 4.29. The van der Waals surface area contributed by atoms with Gasteiger partial charge in [-0.05, 0) is 40.9 Å². The van der Waals surface area contributed by atoms with E-state index in [0.717, 1.165) is 17.4 Å². The highest BCUT2D eigenvalue weighted by molar-refractivity contribution is 9.10. The molecule has 0 atom stereocenters. The molecule has 1 aliphatic rings. The van der Waals surface area contributed by atoms with Crippen LogP contribution in [0.2, 0.25) is 0 Å². The molecule has 0 saturated heterocycles. The number of rotatable bonds is 2. The number of pyridine rings is 1. The Morgan fingerprint density at radius 2 is 2.13 bits per heavy atom. The summed E-state index contributed by atoms with van der Waals surface area (Å²) in [5, 5.41) is 2.80. The van der Waals surface area contributed by atoms with Crippen molar-refractivity contribution >= 4 is 27.7 Å². The maximum Gasteiger partial charge on any atom is 0.229 e. The number of aromatic nitrogens is 1. The average Bonchev–Trinajstić information content (AvgIpc) is 2.70. The summed E-state index contributed by atoms with van der Waals surface area (Å²) in [4.78, 5) is 15.9. The Morgan fingerprint density at radius 1 is 1.40 bits per heavy atom. The summed E-state index contributed by atoms with van der Waals surface area (Å²) in [6.45, 7) is 0. The molecule has 1 aromatic heterocycles. The normalized spacial score (nSPS) is 15.5. The van der Waals surface area contributed by atoms with Crippen molar-refractivity contribution in [2.45, 2.75) is 12.8 Å². The van der Waals surface area contributed by atoms with Crippen LogP contribution in [0.1, 0.15) is 12.8 Å². The predicted octanol–water partition coefficient (Wildman–Crippen LogP) is 2.75. The number of carbonyl (C=O) groups excluding carboxylic acids is 1. The van der Waals surface area contributed by atoms with E-state index < -0.39 is 0 Å². The van der Waals surface area contributed by atoms with E-state index in [9.17, 15) is 4.79 Å². The summed E-state index contributed by atoms with van der Waals surface area (Å²) in [5.41, 5.74) is 0. The highest BCUT2D eigenvalue weighted by Crippen LogP contribution is 2.19. The Kier molecular flexibility index (Phi) is 3.16. The van der Waals surface area contributed by atoms with Gasteiger partial charge in [0.2, 0.25) is 5.91 Å². The Labute approximate surface area is 96.7 Å². The lowest BCUT2D eigenvalue weighted by Gasteiger charge is -2.09. The van der Waals surface area contributed by atoms with Crippen molar-refractivity contribution in [2.24, 2.45) is 5.92 Å². The van der Waals surface area contributed by atoms with Gasteiger partial charge in [0.25, 0.3) is 0 Å². The number of halogens is 1. The zero-order chi connectivity index (χ0) is 10.7. The smallest absolute Gasteiger partial charge is 0.229 e. The van der Waals surface area contributed by atoms with Gasteiger partial charge in [-0.2, -0.15) is 0 Å². The third-order valence-electron chi connectivity index (χ3n) is 2.35. The van der Waals surface area contributed by atoms with Crippen LogP contribution in [-0.2, 0) is 4.79 Å². The molecule has 0 aromatic carbocycles. The predicted molar refractivity (Wildman–Crippen MR) is 62.4 cm³/mol. The van der Waals surface area contributed by atoms with Crippen molar-refractivity contribution in [3.05, 3.63) is 35.0 Å². The minimum absolute atomic E-state index is 0.0469. The van der Waals surface area contributed by atoms with Crippen molar-refractivity contribution < 1.29 is 4.79 Å². The van der Waals surface area contributed by atoms with Gasteiger partial charge in [-0.15, -0.1) is 0 Å². The van der Waals surface area contributed by atoms with Crippen molar-refractivity contribution in [3.63, 3.8) is 0 Å². The number of amides is 1. The second-order valence-electron chi connectivity index (χ2n) is 3.47. The van der Waals surface area contributed by atoms with Crippen molar-refractivity contribution in [1.82, 2.24) is 4.98 Å². The summed E-state index contributed by atoms with van der Waals surface area (Å²) in [6, 6.07) is 5.46. The largest absolute Gasteiger partial charge is 0.310 e. The standard InChI is InChI=1S/C11H11BrN2O/c12-9-6-3-7-10(13-9)14-11(15)8-4-1-2-5-8/h1-3,6-8H,4-5H2,(H,13,14,15). The molecule has 78 valence electrons. The molecule has 15 heavy (non-hydrogen) atoms. The van der Waals surface area contributed by atoms with Crippen LogP contribution in [0.3, 0.4) is 0 Å². The molecule has 2 rings (SSSR count). The number of anilines is 1. The molecule has 0 aliphatic heterocycles. The first-order chi connectivity index (χ1) is 7.25. The monoisotopic (exact) mass is 266 g/mol. The third kappa shape index (κ3) is 2.65. The number of carbonyl (C=O) groups is 1. The second kappa shape index (κ2) is 4.57. The summed E-state index contributed by atoms with van der Waals surface area (Å²) in [5.74, 6) is 0.720. The van der Waals surface area contributed by atoms with Gasteiger partial charge in [-0.3, -0.25) is 4.79 Å². The maximum atomic E-state index is 11.7. The number of nitrogens with zero attached hydrogens (tertiary/aromatic N) is 1. The molecule has 0 saturated carbocycles. The molecular formula is C11H11BrN2O. The molecule has 1 N–H and O–H groups in total. The minimum Gasteiger partial charge on any atom is -0.310 e. The van der Waals surface area contributed by atoms with E-state index in [2.05, 4.69) is 26.2 Å². The lowest BCUT2D eigenvalue weighted by molar-refractivity contribution is -0.119. The first-order valence-corrected chi connectivity index (χ1v) is 5.63. The lowest BCUT2D eigenvalue weighted by atomic mass is 10.1. The van der Waals surface area contributed by atoms with Gasteiger partial charge >= 0.3 is 0 Å². The molecule has 0 radical (unpaired) electrons. The van der Waals surface area contributed by atoms with E-state index >= 15 is 0 Å². The van der Waals surface area contributed by atoms with E-state index in [1.165, 1.54) is 0 Å². The van der Waals surface area contributed by atoms with Crippen LogP contribution in [0.25, 0.3) is 0 Å². The molecule has 4 heteroatoms. The molecule has 1 aliphatic carbocycles. The highest BCUT2D eigenvalue weighted by Gasteiger charge is 2.19. The summed E-state index contributed by atoms with van der Waals surface area (Å²) >= 11 is 3.26. The topological polar surface area (TPSA) is 42.0 Å². The van der Waals surface area contributed by atoms with Crippen LogP contribution in [0.4, 0.5) is 5.82 Å². The van der Waals surface area contributed by atoms with E-state index in [4.69, 9.17) is 0 Å². The molecule has 1 heterocycles. The fraction of sp³-hybridized carbons (Fsp3) is 0.273. The summed E-state index contributed by atoms with van der Waals surface area (Å²) < 4.78 is 0.727. The molecule has 0 bridgehead atoms. The van der Waals surface area contributed by atoms with Crippen LogP contribution < -0.4 is 5.32 Å². The molecule has 0 spiro atoms. The first-order valence-electron chi connectivity index (χ1n) is 4.84. The first kappa shape index (κ1) is 10.4. The van der Waals surface area contributed by atoms with Crippen molar-refractivity contribution in [3.8, 4) is 0 Å². The van der Waals surface area contributed by atoms with Gasteiger partial charge in [-0.1, -0.05) is 18.2 Å². The van der Waals surface area contributed by atoms with E-state index in [1.54, 1.807) is 6.07 Å². The van der Waals surface area contributed by atoms with Gasteiger partial charge in [0.05, 0.1) is 0 Å². The Bertz CT molecular complexity index is 395. The number of nitrogens with one attached hydrogen (secondary N) is 1. The van der Waals surface area contributed by atoms with Crippen LogP contribution >= 0.6 is 15.9 Å². The van der Waals surface area contributed by atoms with Gasteiger partial charge < -0.3 is 5.32 Å². The fourth-order valence-corrected chi connectivity index (χ4v) is 1.88. The van der Waals surface area contributed by atoms with Crippen LogP contribution in [0.5, 0.6) is 0 Å². The number of hydrogen-bond acceptors (Lipinski definition) is 2. The van der Waals surface area contributed by atoms with E-state index in [0.29, 0.717) is 5.82 Å². The number of allylic oxidation sites excluding steroid dienone is 2. The molecule has 0 fully saturated rings. The van der Waals surface area contributed by atoms with Gasteiger partial charge in [0, 0.05) is 5.92 Å². The Balaban J connectivity index is 1.99. The Hall–Kier alpha value is -1.16. The zero-order valence-corrected chi connectivity index (χ0v) is 9.70. The highest BCUT2D eigenvalue weighted by atomic mass is 79.9. The van der Waals surface area contributed by atoms with Gasteiger partial charge in [-0.25, -0.2) is 4.98 Å².